The zero-order valence-corrected chi connectivity index (χ0v) is 18.8. The van der Waals surface area contributed by atoms with Crippen molar-refractivity contribution in [2.75, 3.05) is 30.9 Å². The third-order valence-electron chi connectivity index (χ3n) is 5.32. The average Bonchev–Trinajstić information content (AvgIpc) is 3.29. The molecular formula is C24H25ClN4O3. The number of fused-ring (bicyclic) bond motifs is 1. The summed E-state index contributed by atoms with van der Waals surface area (Å²) in [5.41, 5.74) is 9.93. The number of nitrogens with zero attached hydrogens (tertiary/aromatic N) is 2. The molecule has 4 rings (SSSR count). The van der Waals surface area contributed by atoms with Gasteiger partial charge in [-0.05, 0) is 37.6 Å². The lowest BCUT2D eigenvalue weighted by Gasteiger charge is -2.17. The summed E-state index contributed by atoms with van der Waals surface area (Å²) in [5, 5.41) is 14.5. The molecule has 2 aromatic carbocycles. The number of pyridine rings is 1. The molecule has 1 fully saturated rings. The maximum absolute atomic E-state index is 9.89. The highest BCUT2D eigenvalue weighted by atomic mass is 35.5. The number of benzene rings is 2. The van der Waals surface area contributed by atoms with E-state index in [4.69, 9.17) is 31.5 Å². The number of nitrogens with two attached hydrogens (primary N) is 1. The molecule has 0 amide bonds. The Morgan fingerprint density at radius 3 is 2.78 bits per heavy atom. The zero-order valence-electron chi connectivity index (χ0n) is 18.1. The number of nitriles is 1. The maximum atomic E-state index is 9.89. The van der Waals surface area contributed by atoms with E-state index < -0.39 is 0 Å². The van der Waals surface area contributed by atoms with Crippen LogP contribution in [0.2, 0.25) is 5.02 Å². The van der Waals surface area contributed by atoms with E-state index in [-0.39, 0.29) is 6.10 Å². The van der Waals surface area contributed by atoms with E-state index in [0.29, 0.717) is 70.9 Å². The molecule has 0 spiro atoms. The normalized spacial score (nSPS) is 15.5. The number of nitrogen functional groups attached to an aromatic ring is 1. The summed E-state index contributed by atoms with van der Waals surface area (Å²) in [4.78, 5) is 4.68. The van der Waals surface area contributed by atoms with Crippen LogP contribution in [0.3, 0.4) is 0 Å². The molecule has 166 valence electrons. The molecule has 0 bridgehead atoms. The number of halogens is 1. The summed E-state index contributed by atoms with van der Waals surface area (Å²) in [7, 11) is 0. The highest BCUT2D eigenvalue weighted by Gasteiger charge is 2.20. The van der Waals surface area contributed by atoms with Gasteiger partial charge in [-0.2, -0.15) is 5.26 Å². The summed E-state index contributed by atoms with van der Waals surface area (Å²) in [6.45, 7) is 5.63. The van der Waals surface area contributed by atoms with Gasteiger partial charge in [0.25, 0.3) is 0 Å². The Bertz CT molecular complexity index is 1190. The molecule has 1 atom stereocenters. The highest BCUT2D eigenvalue weighted by Crippen LogP contribution is 2.37. The number of anilines is 3. The van der Waals surface area contributed by atoms with Gasteiger partial charge < -0.3 is 25.3 Å². The molecule has 2 heterocycles. The predicted octanol–water partition coefficient (Wildman–Crippen LogP) is 5.21. The summed E-state index contributed by atoms with van der Waals surface area (Å²) in [6.07, 6.45) is 1.46. The molecule has 1 saturated heterocycles. The molecule has 0 radical (unpaired) electrons. The maximum Gasteiger partial charge on any atom is 0.144 e. The zero-order chi connectivity index (χ0) is 22.7. The quantitative estimate of drug-likeness (QED) is 0.474. The Morgan fingerprint density at radius 2 is 2.12 bits per heavy atom. The fourth-order valence-electron chi connectivity index (χ4n) is 3.75. The van der Waals surface area contributed by atoms with Gasteiger partial charge in [0.05, 0.1) is 53.0 Å². The molecule has 3 N–H and O–H groups in total. The van der Waals surface area contributed by atoms with Crippen molar-refractivity contribution in [1.29, 1.82) is 5.26 Å². The van der Waals surface area contributed by atoms with Gasteiger partial charge in [0.1, 0.15) is 23.7 Å². The summed E-state index contributed by atoms with van der Waals surface area (Å²) < 4.78 is 16.9. The van der Waals surface area contributed by atoms with E-state index >= 15 is 0 Å². The summed E-state index contributed by atoms with van der Waals surface area (Å²) in [6, 6.07) is 11.4. The van der Waals surface area contributed by atoms with Gasteiger partial charge in [-0.15, -0.1) is 0 Å². The minimum absolute atomic E-state index is 0.00950. The van der Waals surface area contributed by atoms with Crippen LogP contribution in [0.1, 0.15) is 31.5 Å². The third kappa shape index (κ3) is 4.38. The number of nitrogens with one attached hydrogen (secondary N) is 1. The number of aryl methyl sites for hydroxylation is 1. The van der Waals surface area contributed by atoms with Gasteiger partial charge in [0, 0.05) is 23.6 Å². The fourth-order valence-corrected chi connectivity index (χ4v) is 3.97. The van der Waals surface area contributed by atoms with Crippen LogP contribution in [0.4, 0.5) is 17.1 Å². The van der Waals surface area contributed by atoms with Crippen molar-refractivity contribution >= 4 is 39.6 Å². The predicted molar refractivity (Wildman–Crippen MR) is 126 cm³/mol. The van der Waals surface area contributed by atoms with E-state index in [1.165, 1.54) is 0 Å². The second-order valence-corrected chi connectivity index (χ2v) is 7.89. The standard InChI is InChI=1S/C24H25ClN4O3/c1-3-20-17(12-26)24(16-10-19(27)23(31-4-2)11-21(16)29-20)28-14-5-6-22(18(25)9-14)32-15-7-8-30-13-15/h5-6,9-11,15H,3-4,7-8,13,27H2,1-2H3,(H,28,29). The first-order valence-corrected chi connectivity index (χ1v) is 11.0. The second kappa shape index (κ2) is 9.51. The van der Waals surface area contributed by atoms with Gasteiger partial charge in [0.15, 0.2) is 0 Å². The van der Waals surface area contributed by atoms with E-state index in [1.54, 1.807) is 12.1 Å². The lowest BCUT2D eigenvalue weighted by Crippen LogP contribution is -2.15. The fraction of sp³-hybridized carbons (Fsp3) is 0.333. The molecule has 32 heavy (non-hydrogen) atoms. The molecule has 1 unspecified atom stereocenters. The first-order chi connectivity index (χ1) is 15.5. The van der Waals surface area contributed by atoms with E-state index in [9.17, 15) is 5.26 Å². The molecule has 0 aliphatic carbocycles. The average molecular weight is 453 g/mol. The Balaban J connectivity index is 1.75. The topological polar surface area (TPSA) is 102 Å². The molecular weight excluding hydrogens is 428 g/mol. The van der Waals surface area contributed by atoms with Gasteiger partial charge in [-0.1, -0.05) is 18.5 Å². The number of rotatable bonds is 7. The minimum atomic E-state index is 0.00950. The summed E-state index contributed by atoms with van der Waals surface area (Å²) >= 11 is 6.49. The molecule has 1 aliphatic heterocycles. The Morgan fingerprint density at radius 1 is 1.28 bits per heavy atom. The van der Waals surface area contributed by atoms with Crippen LogP contribution in [-0.4, -0.2) is 30.9 Å². The van der Waals surface area contributed by atoms with Crippen LogP contribution >= 0.6 is 11.6 Å². The first kappa shape index (κ1) is 22.0. The molecule has 0 saturated carbocycles. The highest BCUT2D eigenvalue weighted by molar-refractivity contribution is 6.32. The van der Waals surface area contributed by atoms with E-state index in [0.717, 1.165) is 17.5 Å². The SMILES string of the molecule is CCOc1cc2nc(CC)c(C#N)c(Nc3ccc(OC4CCOC4)c(Cl)c3)c2cc1N. The van der Waals surface area contributed by atoms with Gasteiger partial charge in [-0.3, -0.25) is 4.98 Å². The van der Waals surface area contributed by atoms with Crippen molar-refractivity contribution in [3.8, 4) is 17.6 Å². The molecule has 1 aromatic heterocycles. The van der Waals surface area contributed by atoms with Crippen LogP contribution in [0.5, 0.6) is 11.5 Å². The second-order valence-electron chi connectivity index (χ2n) is 7.49. The van der Waals surface area contributed by atoms with Crippen molar-refractivity contribution in [1.82, 2.24) is 4.98 Å². The lowest BCUT2D eigenvalue weighted by molar-refractivity contribution is 0.141. The van der Waals surface area contributed by atoms with Crippen molar-refractivity contribution in [3.05, 3.63) is 46.6 Å². The minimum Gasteiger partial charge on any atom is -0.492 e. The molecule has 8 heteroatoms. The van der Waals surface area contributed by atoms with Crippen molar-refractivity contribution in [2.24, 2.45) is 0 Å². The van der Waals surface area contributed by atoms with Crippen molar-refractivity contribution in [2.45, 2.75) is 32.8 Å². The smallest absolute Gasteiger partial charge is 0.144 e. The Kier molecular flexibility index (Phi) is 6.54. The number of hydrogen-bond acceptors (Lipinski definition) is 7. The van der Waals surface area contributed by atoms with Crippen LogP contribution < -0.4 is 20.5 Å². The molecule has 7 nitrogen and oxygen atoms in total. The number of ether oxygens (including phenoxy) is 3. The monoisotopic (exact) mass is 452 g/mol. The van der Waals surface area contributed by atoms with Gasteiger partial charge in [0.2, 0.25) is 0 Å². The van der Waals surface area contributed by atoms with Crippen LogP contribution in [0.15, 0.2) is 30.3 Å². The van der Waals surface area contributed by atoms with Crippen LogP contribution in [-0.2, 0) is 11.2 Å². The van der Waals surface area contributed by atoms with Gasteiger partial charge >= 0.3 is 0 Å². The van der Waals surface area contributed by atoms with Gasteiger partial charge in [-0.25, -0.2) is 0 Å². The lowest BCUT2D eigenvalue weighted by atomic mass is 10.0. The third-order valence-corrected chi connectivity index (χ3v) is 5.62. The Hall–Kier alpha value is -3.21. The molecule has 3 aromatic rings. The summed E-state index contributed by atoms with van der Waals surface area (Å²) in [5.74, 6) is 1.18. The first-order valence-electron chi connectivity index (χ1n) is 10.6. The van der Waals surface area contributed by atoms with Crippen LogP contribution in [0, 0.1) is 11.3 Å². The number of hydrogen-bond donors (Lipinski definition) is 2. The Labute approximate surface area is 192 Å². The van der Waals surface area contributed by atoms with Crippen LogP contribution in [0.25, 0.3) is 10.9 Å². The number of aromatic nitrogens is 1. The van der Waals surface area contributed by atoms with E-state index in [2.05, 4.69) is 16.4 Å². The molecule has 1 aliphatic rings. The largest absolute Gasteiger partial charge is 0.492 e. The van der Waals surface area contributed by atoms with Crippen molar-refractivity contribution < 1.29 is 14.2 Å². The van der Waals surface area contributed by atoms with E-state index in [1.807, 2.05) is 32.0 Å². The van der Waals surface area contributed by atoms with Crippen molar-refractivity contribution in [3.63, 3.8) is 0 Å².